The van der Waals surface area contributed by atoms with Crippen LogP contribution in [0.3, 0.4) is 0 Å². The molecular formula is C19H19F3N2OS. The first kappa shape index (κ1) is 18.7. The summed E-state index contributed by atoms with van der Waals surface area (Å²) in [7, 11) is 2.01. The molecule has 3 nitrogen and oxygen atoms in total. The maximum atomic E-state index is 12.7. The molecule has 26 heavy (non-hydrogen) atoms. The van der Waals surface area contributed by atoms with Crippen molar-refractivity contribution in [1.82, 2.24) is 9.88 Å². The fourth-order valence-corrected chi connectivity index (χ4v) is 3.47. The van der Waals surface area contributed by atoms with Crippen molar-refractivity contribution in [3.8, 4) is 11.5 Å². The molecule has 0 spiro atoms. The summed E-state index contributed by atoms with van der Waals surface area (Å²) in [6, 6.07) is 9.20. The number of alkyl halides is 3. The number of hydrogen-bond donors (Lipinski definition) is 0. The zero-order valence-corrected chi connectivity index (χ0v) is 15.5. The Labute approximate surface area is 154 Å². The van der Waals surface area contributed by atoms with Gasteiger partial charge in [0.15, 0.2) is 0 Å². The van der Waals surface area contributed by atoms with E-state index in [0.29, 0.717) is 23.8 Å². The van der Waals surface area contributed by atoms with Gasteiger partial charge < -0.3 is 4.42 Å². The van der Waals surface area contributed by atoms with Gasteiger partial charge in [0.2, 0.25) is 5.89 Å². The van der Waals surface area contributed by atoms with E-state index in [9.17, 15) is 13.2 Å². The highest BCUT2D eigenvalue weighted by molar-refractivity contribution is 7.10. The van der Waals surface area contributed by atoms with Gasteiger partial charge in [-0.2, -0.15) is 13.2 Å². The first-order valence-corrected chi connectivity index (χ1v) is 9.01. The van der Waals surface area contributed by atoms with Crippen molar-refractivity contribution in [2.24, 2.45) is 0 Å². The maximum absolute atomic E-state index is 12.7. The molecule has 1 atom stereocenters. The first-order chi connectivity index (χ1) is 12.3. The molecule has 0 fully saturated rings. The van der Waals surface area contributed by atoms with E-state index in [0.717, 1.165) is 17.8 Å². The summed E-state index contributed by atoms with van der Waals surface area (Å²) in [6.07, 6.45) is -4.35. The van der Waals surface area contributed by atoms with Gasteiger partial charge in [-0.1, -0.05) is 6.07 Å². The minimum atomic E-state index is -4.35. The Morgan fingerprint density at radius 1 is 1.19 bits per heavy atom. The van der Waals surface area contributed by atoms with Crippen LogP contribution < -0.4 is 0 Å². The molecule has 2 heterocycles. The molecule has 0 amide bonds. The standard InChI is InChI=1S/C19H19F3N2OS/c1-12(17-5-4-10-26-17)24(3)11-16-13(2)25-18(23-16)14-6-8-15(9-7-14)19(20,21)22/h4-10,12H,11H2,1-3H3. The molecule has 0 aliphatic carbocycles. The van der Waals surface area contributed by atoms with Crippen LogP contribution in [0.25, 0.3) is 11.5 Å². The monoisotopic (exact) mass is 380 g/mol. The van der Waals surface area contributed by atoms with Crippen LogP contribution in [-0.2, 0) is 12.7 Å². The highest BCUT2D eigenvalue weighted by atomic mass is 32.1. The number of rotatable bonds is 5. The summed E-state index contributed by atoms with van der Waals surface area (Å²) in [4.78, 5) is 7.91. The van der Waals surface area contributed by atoms with Crippen LogP contribution in [0.2, 0.25) is 0 Å². The first-order valence-electron chi connectivity index (χ1n) is 8.13. The molecule has 0 N–H and O–H groups in total. The number of aryl methyl sites for hydroxylation is 1. The Morgan fingerprint density at radius 2 is 1.88 bits per heavy atom. The van der Waals surface area contributed by atoms with E-state index in [-0.39, 0.29) is 6.04 Å². The molecule has 0 aliphatic rings. The fraction of sp³-hybridized carbons (Fsp3) is 0.316. The lowest BCUT2D eigenvalue weighted by Gasteiger charge is -2.22. The Morgan fingerprint density at radius 3 is 2.46 bits per heavy atom. The van der Waals surface area contributed by atoms with E-state index < -0.39 is 11.7 Å². The third-order valence-electron chi connectivity index (χ3n) is 4.37. The van der Waals surface area contributed by atoms with Crippen molar-refractivity contribution in [2.45, 2.75) is 32.6 Å². The Bertz CT molecular complexity index is 854. The lowest BCUT2D eigenvalue weighted by atomic mass is 10.1. The summed E-state index contributed by atoms with van der Waals surface area (Å²) >= 11 is 1.70. The van der Waals surface area contributed by atoms with E-state index in [1.165, 1.54) is 17.0 Å². The summed E-state index contributed by atoms with van der Waals surface area (Å²) in [5, 5.41) is 2.05. The van der Waals surface area contributed by atoms with Crippen LogP contribution in [0.5, 0.6) is 0 Å². The lowest BCUT2D eigenvalue weighted by molar-refractivity contribution is -0.137. The van der Waals surface area contributed by atoms with E-state index in [1.807, 2.05) is 25.4 Å². The molecule has 7 heteroatoms. The number of nitrogens with zero attached hydrogens (tertiary/aromatic N) is 2. The molecule has 2 aromatic heterocycles. The average Bonchev–Trinajstić information content (AvgIpc) is 3.24. The SMILES string of the molecule is Cc1oc(-c2ccc(C(F)(F)F)cc2)nc1CN(C)C(C)c1cccs1. The van der Waals surface area contributed by atoms with Gasteiger partial charge in [-0.25, -0.2) is 4.98 Å². The second kappa shape index (κ2) is 7.25. The Hall–Kier alpha value is -2.12. The largest absolute Gasteiger partial charge is 0.441 e. The van der Waals surface area contributed by atoms with Crippen LogP contribution in [0, 0.1) is 6.92 Å². The molecule has 0 saturated carbocycles. The highest BCUT2D eigenvalue weighted by Gasteiger charge is 2.30. The number of hydrogen-bond acceptors (Lipinski definition) is 4. The summed E-state index contributed by atoms with van der Waals surface area (Å²) in [5.41, 5.74) is 0.626. The molecule has 1 aromatic carbocycles. The zero-order valence-electron chi connectivity index (χ0n) is 14.7. The Balaban J connectivity index is 1.77. The van der Waals surface area contributed by atoms with Gasteiger partial charge in [0.1, 0.15) is 5.76 Å². The van der Waals surface area contributed by atoms with E-state index in [4.69, 9.17) is 4.42 Å². The molecule has 3 rings (SSSR count). The quantitative estimate of drug-likeness (QED) is 0.550. The van der Waals surface area contributed by atoms with Gasteiger partial charge in [0.05, 0.1) is 11.3 Å². The molecule has 0 saturated heterocycles. The number of halogens is 3. The summed E-state index contributed by atoms with van der Waals surface area (Å²) < 4.78 is 43.7. The number of benzene rings is 1. The van der Waals surface area contributed by atoms with Crippen molar-refractivity contribution < 1.29 is 17.6 Å². The summed E-state index contributed by atoms with van der Waals surface area (Å²) in [5.74, 6) is 1.01. The zero-order chi connectivity index (χ0) is 18.9. The normalized spacial score (nSPS) is 13.3. The van der Waals surface area contributed by atoms with E-state index in [1.54, 1.807) is 11.3 Å². The van der Waals surface area contributed by atoms with Gasteiger partial charge >= 0.3 is 6.18 Å². The smallest absolute Gasteiger partial charge is 0.416 e. The fourth-order valence-electron chi connectivity index (χ4n) is 2.62. The molecule has 138 valence electrons. The van der Waals surface area contributed by atoms with Crippen LogP contribution in [0.15, 0.2) is 46.2 Å². The van der Waals surface area contributed by atoms with Crippen molar-refractivity contribution in [3.63, 3.8) is 0 Å². The second-order valence-electron chi connectivity index (χ2n) is 6.20. The van der Waals surface area contributed by atoms with Crippen LogP contribution >= 0.6 is 11.3 Å². The van der Waals surface area contributed by atoms with Crippen molar-refractivity contribution in [3.05, 3.63) is 63.7 Å². The molecular weight excluding hydrogens is 361 g/mol. The number of aromatic nitrogens is 1. The predicted octanol–water partition coefficient (Wildman–Crippen LogP) is 5.92. The maximum Gasteiger partial charge on any atom is 0.416 e. The van der Waals surface area contributed by atoms with E-state index >= 15 is 0 Å². The van der Waals surface area contributed by atoms with Crippen molar-refractivity contribution in [1.29, 1.82) is 0 Å². The Kier molecular flexibility index (Phi) is 5.20. The van der Waals surface area contributed by atoms with Crippen LogP contribution in [0.1, 0.15) is 34.9 Å². The predicted molar refractivity (Wildman–Crippen MR) is 95.9 cm³/mol. The van der Waals surface area contributed by atoms with E-state index in [2.05, 4.69) is 22.9 Å². The van der Waals surface area contributed by atoms with Crippen LogP contribution in [-0.4, -0.2) is 16.9 Å². The third-order valence-corrected chi connectivity index (χ3v) is 5.41. The molecule has 0 aliphatic heterocycles. The van der Waals surface area contributed by atoms with Gasteiger partial charge in [-0.15, -0.1) is 11.3 Å². The van der Waals surface area contributed by atoms with Gasteiger partial charge in [0.25, 0.3) is 0 Å². The highest BCUT2D eigenvalue weighted by Crippen LogP contribution is 2.31. The third kappa shape index (κ3) is 3.99. The molecule has 0 bridgehead atoms. The molecule has 0 radical (unpaired) electrons. The van der Waals surface area contributed by atoms with Crippen LogP contribution in [0.4, 0.5) is 13.2 Å². The lowest BCUT2D eigenvalue weighted by Crippen LogP contribution is -2.21. The van der Waals surface area contributed by atoms with Crippen molar-refractivity contribution >= 4 is 11.3 Å². The van der Waals surface area contributed by atoms with Gasteiger partial charge in [0, 0.05) is 23.0 Å². The number of oxazole rings is 1. The van der Waals surface area contributed by atoms with Gasteiger partial charge in [-0.05, 0) is 56.6 Å². The topological polar surface area (TPSA) is 29.3 Å². The average molecular weight is 380 g/mol. The molecule has 3 aromatic rings. The second-order valence-corrected chi connectivity index (χ2v) is 7.18. The van der Waals surface area contributed by atoms with Gasteiger partial charge in [-0.3, -0.25) is 4.90 Å². The van der Waals surface area contributed by atoms with Crippen molar-refractivity contribution in [2.75, 3.05) is 7.05 Å². The summed E-state index contributed by atoms with van der Waals surface area (Å²) in [6.45, 7) is 4.53. The molecule has 1 unspecified atom stereocenters. The minimum absolute atomic E-state index is 0.237. The minimum Gasteiger partial charge on any atom is -0.441 e. The number of thiophene rings is 1.